The van der Waals surface area contributed by atoms with Crippen molar-refractivity contribution in [1.29, 1.82) is 0 Å². The van der Waals surface area contributed by atoms with Crippen molar-refractivity contribution in [1.82, 2.24) is 0 Å². The number of hydrogen-bond donors (Lipinski definition) is 2. The van der Waals surface area contributed by atoms with Crippen molar-refractivity contribution in [3.8, 4) is 5.75 Å². The quantitative estimate of drug-likeness (QED) is 0.863. The molecule has 1 amide bonds. The number of carbonyl (C=O) groups excluding carboxylic acids is 1. The van der Waals surface area contributed by atoms with Crippen LogP contribution in [-0.4, -0.2) is 38.5 Å². The van der Waals surface area contributed by atoms with E-state index in [-0.39, 0.29) is 24.2 Å². The third-order valence-corrected chi connectivity index (χ3v) is 4.04. The van der Waals surface area contributed by atoms with Crippen LogP contribution in [0.2, 0.25) is 0 Å². The minimum absolute atomic E-state index is 0.00337. The van der Waals surface area contributed by atoms with Gasteiger partial charge in [0.2, 0.25) is 5.91 Å². The van der Waals surface area contributed by atoms with Crippen LogP contribution in [0, 0.1) is 0 Å². The van der Waals surface area contributed by atoms with Crippen LogP contribution in [0.15, 0.2) is 18.2 Å². The van der Waals surface area contributed by atoms with E-state index in [1.165, 1.54) is 0 Å². The molecular weight excluding hydrogens is 292 g/mol. The highest BCUT2D eigenvalue weighted by Crippen LogP contribution is 2.36. The minimum Gasteiger partial charge on any atom is -0.489 e. The third kappa shape index (κ3) is 4.10. The van der Waals surface area contributed by atoms with Crippen molar-refractivity contribution in [2.24, 2.45) is 0 Å². The molecule has 1 aliphatic heterocycles. The van der Waals surface area contributed by atoms with Gasteiger partial charge in [-0.1, -0.05) is 6.07 Å². The highest BCUT2D eigenvalue weighted by Gasteiger charge is 2.28. The Hall–Kier alpha value is -1.76. The summed E-state index contributed by atoms with van der Waals surface area (Å²) in [5, 5.41) is 5.88. The molecule has 2 N–H and O–H groups in total. The molecule has 1 aliphatic rings. The molecule has 1 aromatic rings. The van der Waals surface area contributed by atoms with Gasteiger partial charge in [0.25, 0.3) is 0 Å². The number of ether oxygens (including phenoxy) is 1. The average Bonchev–Trinajstić information content (AvgIpc) is 2.35. The average molecular weight is 312 g/mol. The second kappa shape index (κ2) is 5.93. The number of anilines is 2. The Morgan fingerprint density at radius 3 is 2.67 bits per heavy atom. The Balaban J connectivity index is 2.18. The van der Waals surface area contributed by atoms with E-state index >= 15 is 0 Å². The largest absolute Gasteiger partial charge is 0.489 e. The smallest absolute Gasteiger partial charge is 0.247 e. The second-order valence-electron chi connectivity index (χ2n) is 5.45. The van der Waals surface area contributed by atoms with Crippen molar-refractivity contribution >= 4 is 27.1 Å². The first-order valence-corrected chi connectivity index (χ1v) is 8.87. The van der Waals surface area contributed by atoms with Gasteiger partial charge in [-0.15, -0.1) is 0 Å². The van der Waals surface area contributed by atoms with E-state index < -0.39 is 15.9 Å². The van der Waals surface area contributed by atoms with Crippen LogP contribution in [0.1, 0.15) is 20.3 Å². The molecule has 21 heavy (non-hydrogen) atoms. The summed E-state index contributed by atoms with van der Waals surface area (Å²) in [6.45, 7) is 3.82. The Morgan fingerprint density at radius 1 is 1.33 bits per heavy atom. The monoisotopic (exact) mass is 312 g/mol. The van der Waals surface area contributed by atoms with Gasteiger partial charge in [-0.25, -0.2) is 8.42 Å². The SMILES string of the molecule is CC(C)Oc1cccc2c1NC(=O)C(CCS(C)(=O)=O)N2. The molecule has 1 aromatic carbocycles. The molecule has 0 aliphatic carbocycles. The van der Waals surface area contributed by atoms with E-state index in [2.05, 4.69) is 10.6 Å². The van der Waals surface area contributed by atoms with Crippen LogP contribution in [-0.2, 0) is 14.6 Å². The number of nitrogens with one attached hydrogen (secondary N) is 2. The van der Waals surface area contributed by atoms with E-state index in [1.807, 2.05) is 26.0 Å². The normalized spacial score (nSPS) is 17.9. The Bertz CT molecular complexity index is 640. The molecule has 0 saturated carbocycles. The summed E-state index contributed by atoms with van der Waals surface area (Å²) in [7, 11) is -3.09. The lowest BCUT2D eigenvalue weighted by Gasteiger charge is -2.28. The highest BCUT2D eigenvalue weighted by molar-refractivity contribution is 7.90. The maximum absolute atomic E-state index is 12.1. The Kier molecular flexibility index (Phi) is 4.41. The summed E-state index contributed by atoms with van der Waals surface area (Å²) >= 11 is 0. The van der Waals surface area contributed by atoms with Crippen molar-refractivity contribution in [3.63, 3.8) is 0 Å². The summed E-state index contributed by atoms with van der Waals surface area (Å²) in [6, 6.07) is 4.89. The molecule has 116 valence electrons. The molecule has 0 bridgehead atoms. The predicted octanol–water partition coefficient (Wildman–Crippen LogP) is 1.64. The fraction of sp³-hybridized carbons (Fsp3) is 0.500. The van der Waals surface area contributed by atoms with Gasteiger partial charge in [0.15, 0.2) is 0 Å². The Morgan fingerprint density at radius 2 is 2.05 bits per heavy atom. The van der Waals surface area contributed by atoms with E-state index in [0.29, 0.717) is 11.4 Å². The fourth-order valence-corrected chi connectivity index (χ4v) is 2.80. The van der Waals surface area contributed by atoms with Crippen LogP contribution in [0.3, 0.4) is 0 Å². The molecule has 6 nitrogen and oxygen atoms in total. The lowest BCUT2D eigenvalue weighted by Crippen LogP contribution is -2.40. The summed E-state index contributed by atoms with van der Waals surface area (Å²) < 4.78 is 28.1. The van der Waals surface area contributed by atoms with Crippen molar-refractivity contribution in [3.05, 3.63) is 18.2 Å². The number of benzene rings is 1. The highest BCUT2D eigenvalue weighted by atomic mass is 32.2. The number of fused-ring (bicyclic) bond motifs is 1. The minimum atomic E-state index is -3.09. The van der Waals surface area contributed by atoms with E-state index in [9.17, 15) is 13.2 Å². The first-order valence-electron chi connectivity index (χ1n) is 6.81. The van der Waals surface area contributed by atoms with Crippen LogP contribution >= 0.6 is 0 Å². The molecule has 1 unspecified atom stereocenters. The maximum Gasteiger partial charge on any atom is 0.247 e. The molecule has 0 aromatic heterocycles. The zero-order valence-electron chi connectivity index (χ0n) is 12.3. The van der Waals surface area contributed by atoms with Crippen LogP contribution in [0.25, 0.3) is 0 Å². The molecule has 0 fully saturated rings. The second-order valence-corrected chi connectivity index (χ2v) is 7.71. The van der Waals surface area contributed by atoms with Crippen molar-refractivity contribution in [2.75, 3.05) is 22.6 Å². The van der Waals surface area contributed by atoms with Crippen molar-refractivity contribution < 1.29 is 17.9 Å². The number of sulfone groups is 1. The number of para-hydroxylation sites is 1. The van der Waals surface area contributed by atoms with Crippen LogP contribution < -0.4 is 15.4 Å². The fourth-order valence-electron chi connectivity index (χ4n) is 2.13. The van der Waals surface area contributed by atoms with Gasteiger partial charge < -0.3 is 15.4 Å². The molecule has 1 atom stereocenters. The van der Waals surface area contributed by atoms with Crippen LogP contribution in [0.5, 0.6) is 5.75 Å². The first kappa shape index (κ1) is 15.6. The zero-order valence-corrected chi connectivity index (χ0v) is 13.2. The Labute approximate surface area is 124 Å². The molecule has 0 spiro atoms. The van der Waals surface area contributed by atoms with Gasteiger partial charge in [0.1, 0.15) is 27.3 Å². The number of rotatable bonds is 5. The van der Waals surface area contributed by atoms with E-state index in [1.54, 1.807) is 6.07 Å². The van der Waals surface area contributed by atoms with Gasteiger partial charge in [0.05, 0.1) is 17.5 Å². The first-order chi connectivity index (χ1) is 9.76. The molecule has 7 heteroatoms. The van der Waals surface area contributed by atoms with Gasteiger partial charge >= 0.3 is 0 Å². The van der Waals surface area contributed by atoms with E-state index in [4.69, 9.17) is 4.74 Å². The topological polar surface area (TPSA) is 84.5 Å². The predicted molar refractivity (Wildman–Crippen MR) is 82.6 cm³/mol. The number of hydrogen-bond acceptors (Lipinski definition) is 5. The van der Waals surface area contributed by atoms with Gasteiger partial charge in [-0.05, 0) is 32.4 Å². The molecular formula is C14H20N2O4S. The molecule has 2 rings (SSSR count). The summed E-state index contributed by atoms with van der Waals surface area (Å²) in [6.07, 6.45) is 1.40. The number of carbonyl (C=O) groups is 1. The summed E-state index contributed by atoms with van der Waals surface area (Å²) in [5.74, 6) is 0.325. The molecule has 1 heterocycles. The van der Waals surface area contributed by atoms with Crippen molar-refractivity contribution in [2.45, 2.75) is 32.4 Å². The zero-order chi connectivity index (χ0) is 15.6. The van der Waals surface area contributed by atoms with Gasteiger partial charge in [-0.2, -0.15) is 0 Å². The van der Waals surface area contributed by atoms with E-state index in [0.717, 1.165) is 11.9 Å². The molecule has 0 radical (unpaired) electrons. The third-order valence-electron chi connectivity index (χ3n) is 3.06. The maximum atomic E-state index is 12.1. The number of amides is 1. The summed E-state index contributed by atoms with van der Waals surface area (Å²) in [4.78, 5) is 12.1. The van der Waals surface area contributed by atoms with Crippen LogP contribution in [0.4, 0.5) is 11.4 Å². The lowest BCUT2D eigenvalue weighted by molar-refractivity contribution is -0.117. The lowest BCUT2D eigenvalue weighted by atomic mass is 10.1. The van der Waals surface area contributed by atoms with Gasteiger partial charge in [-0.3, -0.25) is 4.79 Å². The van der Waals surface area contributed by atoms with Gasteiger partial charge in [0, 0.05) is 6.26 Å². The summed E-state index contributed by atoms with van der Waals surface area (Å²) in [5.41, 5.74) is 1.35. The standard InChI is InChI=1S/C14H20N2O4S/c1-9(2)20-12-6-4-5-10-13(12)16-14(17)11(15-10)7-8-21(3,18)19/h4-6,9,11,15H,7-8H2,1-3H3,(H,16,17). The molecule has 0 saturated heterocycles.